The molecule has 0 aromatic rings. The number of methoxy groups -OCH3 is 1. The Hall–Kier alpha value is -0.610. The van der Waals surface area contributed by atoms with Crippen molar-refractivity contribution in [1.29, 1.82) is 0 Å². The van der Waals surface area contributed by atoms with Gasteiger partial charge in [0.2, 0.25) is 5.91 Å². The number of nitrogens with one attached hydrogen (secondary N) is 2. The van der Waals surface area contributed by atoms with Crippen molar-refractivity contribution in [1.82, 2.24) is 10.6 Å². The van der Waals surface area contributed by atoms with Gasteiger partial charge in [0, 0.05) is 26.8 Å². The number of hydrogen-bond acceptors (Lipinski definition) is 3. The highest BCUT2D eigenvalue weighted by atomic mass is 16.5. The molecule has 0 radical (unpaired) electrons. The van der Waals surface area contributed by atoms with Crippen LogP contribution < -0.4 is 10.6 Å². The fourth-order valence-corrected chi connectivity index (χ4v) is 1.73. The van der Waals surface area contributed by atoms with Gasteiger partial charge < -0.3 is 15.4 Å². The normalized spacial score (nSPS) is 13.3. The van der Waals surface area contributed by atoms with Crippen LogP contribution in [0.2, 0.25) is 0 Å². The summed E-state index contributed by atoms with van der Waals surface area (Å²) in [5.74, 6) is 0.0960. The lowest BCUT2D eigenvalue weighted by molar-refractivity contribution is -0.122. The highest BCUT2D eigenvalue weighted by Crippen LogP contribution is 2.18. The standard InChI is InChI=1S/C15H32N2O2/c1-6-7-8-10-16-14(18)13(2)17-12-15(3,4)9-11-19-5/h13,17H,6-12H2,1-5H3,(H,16,18). The van der Waals surface area contributed by atoms with E-state index in [2.05, 4.69) is 31.4 Å². The Kier molecular flexibility index (Phi) is 9.88. The molecule has 4 heteroatoms. The number of unbranched alkanes of at least 4 members (excludes halogenated alkanes) is 2. The van der Waals surface area contributed by atoms with Crippen molar-refractivity contribution in [2.45, 2.75) is 59.4 Å². The zero-order chi connectivity index (χ0) is 14.7. The quantitative estimate of drug-likeness (QED) is 0.568. The van der Waals surface area contributed by atoms with Crippen LogP contribution in [-0.4, -0.2) is 38.8 Å². The van der Waals surface area contributed by atoms with E-state index < -0.39 is 0 Å². The largest absolute Gasteiger partial charge is 0.385 e. The minimum absolute atomic E-state index is 0.0960. The first-order valence-corrected chi connectivity index (χ1v) is 7.43. The van der Waals surface area contributed by atoms with Crippen molar-refractivity contribution in [3.05, 3.63) is 0 Å². The lowest BCUT2D eigenvalue weighted by Crippen LogP contribution is -2.45. The maximum absolute atomic E-state index is 11.8. The van der Waals surface area contributed by atoms with E-state index in [-0.39, 0.29) is 17.4 Å². The SMILES string of the molecule is CCCCCNC(=O)C(C)NCC(C)(C)CCOC. The van der Waals surface area contributed by atoms with Crippen molar-refractivity contribution in [2.75, 3.05) is 26.8 Å². The van der Waals surface area contributed by atoms with Gasteiger partial charge in [-0.1, -0.05) is 33.6 Å². The molecule has 0 aliphatic heterocycles. The predicted molar refractivity (Wildman–Crippen MR) is 80.3 cm³/mol. The predicted octanol–water partition coefficient (Wildman–Crippen LogP) is 2.33. The summed E-state index contributed by atoms with van der Waals surface area (Å²) in [6.45, 7) is 10.8. The molecule has 0 fully saturated rings. The van der Waals surface area contributed by atoms with E-state index in [0.29, 0.717) is 0 Å². The van der Waals surface area contributed by atoms with Crippen LogP contribution in [0, 0.1) is 5.41 Å². The Morgan fingerprint density at radius 2 is 2.00 bits per heavy atom. The minimum Gasteiger partial charge on any atom is -0.385 e. The molecule has 0 bridgehead atoms. The third kappa shape index (κ3) is 9.91. The van der Waals surface area contributed by atoms with E-state index in [1.54, 1.807) is 7.11 Å². The van der Waals surface area contributed by atoms with Gasteiger partial charge in [0.1, 0.15) is 0 Å². The molecule has 0 spiro atoms. The fraction of sp³-hybridized carbons (Fsp3) is 0.933. The summed E-state index contributed by atoms with van der Waals surface area (Å²) in [5.41, 5.74) is 0.146. The molecule has 4 nitrogen and oxygen atoms in total. The highest BCUT2D eigenvalue weighted by molar-refractivity contribution is 5.81. The van der Waals surface area contributed by atoms with Crippen LogP contribution >= 0.6 is 0 Å². The van der Waals surface area contributed by atoms with Crippen LogP contribution in [0.1, 0.15) is 53.4 Å². The summed E-state index contributed by atoms with van der Waals surface area (Å²) in [6, 6.07) is -0.136. The van der Waals surface area contributed by atoms with Gasteiger partial charge in [0.25, 0.3) is 0 Å². The van der Waals surface area contributed by atoms with Crippen molar-refractivity contribution in [2.24, 2.45) is 5.41 Å². The van der Waals surface area contributed by atoms with Gasteiger partial charge >= 0.3 is 0 Å². The second kappa shape index (κ2) is 10.2. The van der Waals surface area contributed by atoms with E-state index >= 15 is 0 Å². The number of hydrogen-bond donors (Lipinski definition) is 2. The first-order chi connectivity index (χ1) is 8.93. The first-order valence-electron chi connectivity index (χ1n) is 7.43. The summed E-state index contributed by atoms with van der Waals surface area (Å²) < 4.78 is 5.10. The molecule has 1 amide bonds. The van der Waals surface area contributed by atoms with Crippen LogP contribution in [0.15, 0.2) is 0 Å². The third-order valence-electron chi connectivity index (χ3n) is 3.34. The lowest BCUT2D eigenvalue weighted by atomic mass is 9.89. The van der Waals surface area contributed by atoms with Gasteiger partial charge in [-0.05, 0) is 25.2 Å². The van der Waals surface area contributed by atoms with E-state index in [1.807, 2.05) is 6.92 Å². The van der Waals surface area contributed by atoms with E-state index in [4.69, 9.17) is 4.74 Å². The lowest BCUT2D eigenvalue weighted by Gasteiger charge is -2.26. The average molecular weight is 272 g/mol. The first kappa shape index (κ1) is 18.4. The van der Waals surface area contributed by atoms with Crippen LogP contribution in [-0.2, 0) is 9.53 Å². The average Bonchev–Trinajstić information content (AvgIpc) is 2.38. The maximum atomic E-state index is 11.8. The van der Waals surface area contributed by atoms with Gasteiger partial charge in [0.05, 0.1) is 6.04 Å². The Morgan fingerprint density at radius 3 is 2.58 bits per heavy atom. The van der Waals surface area contributed by atoms with Crippen molar-refractivity contribution in [3.8, 4) is 0 Å². The summed E-state index contributed by atoms with van der Waals surface area (Å²) in [5, 5.41) is 6.28. The molecule has 1 atom stereocenters. The van der Waals surface area contributed by atoms with Gasteiger partial charge in [-0.25, -0.2) is 0 Å². The van der Waals surface area contributed by atoms with Gasteiger partial charge in [-0.3, -0.25) is 4.79 Å². The second-order valence-corrected chi connectivity index (χ2v) is 6.01. The van der Waals surface area contributed by atoms with Crippen LogP contribution in [0.4, 0.5) is 0 Å². The minimum atomic E-state index is -0.136. The van der Waals surface area contributed by atoms with Gasteiger partial charge in [0.15, 0.2) is 0 Å². The van der Waals surface area contributed by atoms with Gasteiger partial charge in [-0.2, -0.15) is 0 Å². The molecule has 0 rings (SSSR count). The number of carbonyl (C=O) groups is 1. The zero-order valence-corrected chi connectivity index (χ0v) is 13.3. The van der Waals surface area contributed by atoms with Gasteiger partial charge in [-0.15, -0.1) is 0 Å². The summed E-state index contributed by atoms with van der Waals surface area (Å²) >= 11 is 0. The third-order valence-corrected chi connectivity index (χ3v) is 3.34. The molecule has 1 unspecified atom stereocenters. The van der Waals surface area contributed by atoms with Crippen molar-refractivity contribution in [3.63, 3.8) is 0 Å². The Labute approximate surface area is 118 Å². The van der Waals surface area contributed by atoms with E-state index in [1.165, 1.54) is 12.8 Å². The molecule has 0 saturated carbocycles. The molecule has 0 aromatic carbocycles. The molecule has 2 N–H and O–H groups in total. The maximum Gasteiger partial charge on any atom is 0.236 e. The molecule has 0 aliphatic rings. The molecule has 0 aromatic heterocycles. The summed E-state index contributed by atoms with van der Waals surface area (Å²) in [6.07, 6.45) is 4.40. The Bertz CT molecular complexity index is 242. The fourth-order valence-electron chi connectivity index (χ4n) is 1.73. The summed E-state index contributed by atoms with van der Waals surface area (Å²) in [7, 11) is 1.72. The molecule has 19 heavy (non-hydrogen) atoms. The van der Waals surface area contributed by atoms with E-state index in [9.17, 15) is 4.79 Å². The van der Waals surface area contributed by atoms with E-state index in [0.717, 1.165) is 32.5 Å². The van der Waals surface area contributed by atoms with Crippen LogP contribution in [0.5, 0.6) is 0 Å². The number of carbonyl (C=O) groups excluding carboxylic acids is 1. The number of rotatable bonds is 11. The molecular weight excluding hydrogens is 240 g/mol. The van der Waals surface area contributed by atoms with Crippen molar-refractivity contribution < 1.29 is 9.53 Å². The highest BCUT2D eigenvalue weighted by Gasteiger charge is 2.20. The topological polar surface area (TPSA) is 50.4 Å². The smallest absolute Gasteiger partial charge is 0.236 e. The monoisotopic (exact) mass is 272 g/mol. The summed E-state index contributed by atoms with van der Waals surface area (Å²) in [4.78, 5) is 11.8. The number of amides is 1. The Morgan fingerprint density at radius 1 is 1.32 bits per heavy atom. The molecule has 0 aliphatic carbocycles. The molecular formula is C15H32N2O2. The Balaban J connectivity index is 3.82. The number of ether oxygens (including phenoxy) is 1. The molecule has 0 saturated heterocycles. The second-order valence-electron chi connectivity index (χ2n) is 6.01. The zero-order valence-electron chi connectivity index (χ0n) is 13.3. The van der Waals surface area contributed by atoms with Crippen LogP contribution in [0.25, 0.3) is 0 Å². The molecule has 0 heterocycles. The molecule has 114 valence electrons. The van der Waals surface area contributed by atoms with Crippen LogP contribution in [0.3, 0.4) is 0 Å². The van der Waals surface area contributed by atoms with Crippen molar-refractivity contribution >= 4 is 5.91 Å².